The fourth-order valence-electron chi connectivity index (χ4n) is 5.69. The van der Waals surface area contributed by atoms with E-state index in [0.29, 0.717) is 32.4 Å². The highest BCUT2D eigenvalue weighted by molar-refractivity contribution is 5.88. The van der Waals surface area contributed by atoms with Gasteiger partial charge in [-0.1, -0.05) is 18.2 Å². The summed E-state index contributed by atoms with van der Waals surface area (Å²) in [4.78, 5) is 44.7. The third kappa shape index (κ3) is 5.66. The van der Waals surface area contributed by atoms with Crippen molar-refractivity contribution in [2.75, 3.05) is 44.2 Å². The number of piperidine rings is 1. The number of benzene rings is 1. The molecule has 0 radical (unpaired) electrons. The zero-order chi connectivity index (χ0) is 23.2. The quantitative estimate of drug-likeness (QED) is 0.524. The molecule has 2 N–H and O–H groups in total. The Balaban J connectivity index is 1.34. The highest BCUT2D eigenvalue weighted by Gasteiger charge is 2.42. The lowest BCUT2D eigenvalue weighted by atomic mass is 9.71. The second kappa shape index (κ2) is 11.0. The first-order chi connectivity index (χ1) is 16.1. The van der Waals surface area contributed by atoms with Crippen LogP contribution in [0.5, 0.6) is 0 Å². The van der Waals surface area contributed by atoms with Crippen LogP contribution < -0.4 is 10.4 Å². The summed E-state index contributed by atoms with van der Waals surface area (Å²) in [7, 11) is 0. The maximum absolute atomic E-state index is 13.4. The minimum absolute atomic E-state index is 0.00267. The number of hydrogen-bond donors (Lipinski definition) is 2. The SMILES string of the molecule is O=C(NO)[C@H]1CC(CC(=O)N2CCCCC2)CC[C@@H]1C(=O)N1CCN(c2ccccc2)CC1. The number of nitrogens with one attached hydrogen (secondary N) is 1. The van der Waals surface area contributed by atoms with E-state index in [4.69, 9.17) is 0 Å². The van der Waals surface area contributed by atoms with Crippen LogP contribution >= 0.6 is 0 Å². The first-order valence-electron chi connectivity index (χ1n) is 12.4. The van der Waals surface area contributed by atoms with Crippen LogP contribution in [-0.4, -0.2) is 72.0 Å². The second-order valence-electron chi connectivity index (χ2n) is 9.66. The molecule has 4 rings (SSSR count). The number of amides is 3. The van der Waals surface area contributed by atoms with Gasteiger partial charge in [-0.25, -0.2) is 5.48 Å². The Morgan fingerprint density at radius 2 is 1.55 bits per heavy atom. The van der Waals surface area contributed by atoms with Gasteiger partial charge in [0.25, 0.3) is 0 Å². The molecule has 3 amide bonds. The van der Waals surface area contributed by atoms with Gasteiger partial charge in [-0.05, 0) is 56.6 Å². The van der Waals surface area contributed by atoms with Crippen molar-refractivity contribution in [3.05, 3.63) is 30.3 Å². The van der Waals surface area contributed by atoms with E-state index in [1.807, 2.05) is 28.0 Å². The summed E-state index contributed by atoms with van der Waals surface area (Å²) in [5, 5.41) is 9.32. The van der Waals surface area contributed by atoms with Gasteiger partial charge in [0.05, 0.1) is 5.92 Å². The van der Waals surface area contributed by atoms with Gasteiger partial charge in [0, 0.05) is 57.3 Å². The Morgan fingerprint density at radius 1 is 0.848 bits per heavy atom. The van der Waals surface area contributed by atoms with Crippen LogP contribution in [0, 0.1) is 17.8 Å². The van der Waals surface area contributed by atoms with Crippen LogP contribution in [0.25, 0.3) is 0 Å². The molecule has 0 bridgehead atoms. The van der Waals surface area contributed by atoms with Crippen LogP contribution in [0.1, 0.15) is 44.9 Å². The third-order valence-electron chi connectivity index (χ3n) is 7.61. The summed E-state index contributed by atoms with van der Waals surface area (Å²) >= 11 is 0. The third-order valence-corrected chi connectivity index (χ3v) is 7.61. The predicted molar refractivity (Wildman–Crippen MR) is 125 cm³/mol. The molecule has 8 heteroatoms. The van der Waals surface area contributed by atoms with Gasteiger partial charge in [0.1, 0.15) is 0 Å². The van der Waals surface area contributed by atoms with Crippen molar-refractivity contribution in [1.82, 2.24) is 15.3 Å². The van der Waals surface area contributed by atoms with E-state index >= 15 is 0 Å². The molecule has 1 aliphatic carbocycles. The molecule has 3 atom stereocenters. The van der Waals surface area contributed by atoms with Gasteiger partial charge in [-0.3, -0.25) is 19.6 Å². The van der Waals surface area contributed by atoms with Crippen LogP contribution in [0.4, 0.5) is 5.69 Å². The molecule has 8 nitrogen and oxygen atoms in total. The molecular formula is C25H36N4O4. The lowest BCUT2D eigenvalue weighted by molar-refractivity contribution is -0.148. The summed E-state index contributed by atoms with van der Waals surface area (Å²) in [5.41, 5.74) is 2.93. The molecule has 2 saturated heterocycles. The molecule has 1 unspecified atom stereocenters. The van der Waals surface area contributed by atoms with Crippen molar-refractivity contribution in [1.29, 1.82) is 0 Å². The van der Waals surface area contributed by atoms with E-state index in [1.54, 1.807) is 5.48 Å². The van der Waals surface area contributed by atoms with E-state index < -0.39 is 17.7 Å². The van der Waals surface area contributed by atoms with Crippen LogP contribution in [0.2, 0.25) is 0 Å². The van der Waals surface area contributed by atoms with E-state index in [9.17, 15) is 19.6 Å². The monoisotopic (exact) mass is 456 g/mol. The Hall–Kier alpha value is -2.61. The maximum atomic E-state index is 13.4. The molecule has 33 heavy (non-hydrogen) atoms. The molecular weight excluding hydrogens is 420 g/mol. The number of nitrogens with zero attached hydrogens (tertiary/aromatic N) is 3. The molecule has 0 spiro atoms. The van der Waals surface area contributed by atoms with Crippen LogP contribution in [0.15, 0.2) is 30.3 Å². The maximum Gasteiger partial charge on any atom is 0.247 e. The highest BCUT2D eigenvalue weighted by atomic mass is 16.5. The predicted octanol–water partition coefficient (Wildman–Crippen LogP) is 2.28. The average Bonchev–Trinajstić information content (AvgIpc) is 2.89. The number of likely N-dealkylation sites (tertiary alicyclic amines) is 1. The molecule has 3 fully saturated rings. The fraction of sp³-hybridized carbons (Fsp3) is 0.640. The van der Waals surface area contributed by atoms with Crippen molar-refractivity contribution in [2.45, 2.75) is 44.9 Å². The van der Waals surface area contributed by atoms with Crippen LogP contribution in [0.3, 0.4) is 0 Å². The molecule has 2 heterocycles. The Morgan fingerprint density at radius 3 is 2.21 bits per heavy atom. The number of rotatable bonds is 5. The molecule has 2 aliphatic heterocycles. The Bertz CT molecular complexity index is 819. The standard InChI is InChI=1S/C25H36N4O4/c30-23(28-11-5-2-6-12-28)18-19-9-10-21(22(17-19)24(31)26-33)25(32)29-15-13-27(14-16-29)20-7-3-1-4-8-20/h1,3-4,7-8,19,21-22,33H,2,5-6,9-18H2,(H,26,31)/t19?,21-,22-/m0/s1. The van der Waals surface area contributed by atoms with E-state index in [2.05, 4.69) is 17.0 Å². The van der Waals surface area contributed by atoms with Crippen molar-refractivity contribution >= 4 is 23.4 Å². The van der Waals surface area contributed by atoms with Gasteiger partial charge in [-0.15, -0.1) is 0 Å². The molecule has 3 aliphatic rings. The summed E-state index contributed by atoms with van der Waals surface area (Å²) in [6.07, 6.45) is 5.51. The molecule has 1 aromatic rings. The molecule has 0 aromatic heterocycles. The lowest BCUT2D eigenvalue weighted by Crippen LogP contribution is -2.53. The van der Waals surface area contributed by atoms with Crippen molar-refractivity contribution in [2.24, 2.45) is 17.8 Å². The first-order valence-corrected chi connectivity index (χ1v) is 12.4. The zero-order valence-corrected chi connectivity index (χ0v) is 19.3. The number of hydroxylamine groups is 1. The number of para-hydroxylation sites is 1. The molecule has 1 saturated carbocycles. The van der Waals surface area contributed by atoms with Crippen molar-refractivity contribution in [3.8, 4) is 0 Å². The topological polar surface area (TPSA) is 93.2 Å². The largest absolute Gasteiger partial charge is 0.368 e. The Kier molecular flexibility index (Phi) is 7.85. The average molecular weight is 457 g/mol. The molecule has 180 valence electrons. The lowest BCUT2D eigenvalue weighted by Gasteiger charge is -2.41. The van der Waals surface area contributed by atoms with Crippen molar-refractivity contribution < 1.29 is 19.6 Å². The summed E-state index contributed by atoms with van der Waals surface area (Å²) in [5.74, 6) is -1.32. The number of anilines is 1. The second-order valence-corrected chi connectivity index (χ2v) is 9.66. The summed E-state index contributed by atoms with van der Waals surface area (Å²) in [6, 6.07) is 10.2. The summed E-state index contributed by atoms with van der Waals surface area (Å²) < 4.78 is 0. The van der Waals surface area contributed by atoms with E-state index in [0.717, 1.165) is 51.1 Å². The van der Waals surface area contributed by atoms with Gasteiger partial charge < -0.3 is 14.7 Å². The smallest absolute Gasteiger partial charge is 0.247 e. The minimum atomic E-state index is -0.595. The normalized spacial score (nSPS) is 26.1. The highest BCUT2D eigenvalue weighted by Crippen LogP contribution is 2.37. The minimum Gasteiger partial charge on any atom is -0.368 e. The number of hydrogen-bond acceptors (Lipinski definition) is 5. The molecule has 1 aromatic carbocycles. The van der Waals surface area contributed by atoms with E-state index in [1.165, 1.54) is 6.42 Å². The van der Waals surface area contributed by atoms with Crippen molar-refractivity contribution in [3.63, 3.8) is 0 Å². The van der Waals surface area contributed by atoms with Gasteiger partial charge in [0.2, 0.25) is 17.7 Å². The zero-order valence-electron chi connectivity index (χ0n) is 19.3. The number of carbonyl (C=O) groups is 3. The number of piperazine rings is 1. The fourth-order valence-corrected chi connectivity index (χ4v) is 5.69. The van der Waals surface area contributed by atoms with Crippen LogP contribution in [-0.2, 0) is 14.4 Å². The first kappa shape index (κ1) is 23.5. The Labute approximate surface area is 195 Å². The van der Waals surface area contributed by atoms with Gasteiger partial charge in [0.15, 0.2) is 0 Å². The van der Waals surface area contributed by atoms with E-state index in [-0.39, 0.29) is 17.7 Å². The number of carbonyl (C=O) groups excluding carboxylic acids is 3. The van der Waals surface area contributed by atoms with Gasteiger partial charge in [-0.2, -0.15) is 0 Å². The van der Waals surface area contributed by atoms with Gasteiger partial charge >= 0.3 is 0 Å². The summed E-state index contributed by atoms with van der Waals surface area (Å²) in [6.45, 7) is 4.39.